The molecule has 0 atom stereocenters. The Morgan fingerprint density at radius 1 is 0.409 bits per heavy atom. The molecule has 4 aromatic rings. The molecule has 0 unspecified atom stereocenters. The van der Waals surface area contributed by atoms with Gasteiger partial charge in [-0.05, 0) is 0 Å². The van der Waals surface area contributed by atoms with E-state index in [9.17, 15) is 0 Å². The van der Waals surface area contributed by atoms with Gasteiger partial charge in [-0.3, -0.25) is 0 Å². The van der Waals surface area contributed by atoms with Gasteiger partial charge in [-0.1, -0.05) is 0 Å². The van der Waals surface area contributed by atoms with Gasteiger partial charge in [-0.2, -0.15) is 0 Å². The van der Waals surface area contributed by atoms with Crippen molar-refractivity contribution in [2.45, 2.75) is 186 Å². The molecule has 4 aromatic carbocycles. The Morgan fingerprint density at radius 3 is 0.909 bits per heavy atom. The van der Waals surface area contributed by atoms with Crippen LogP contribution in [0.2, 0.25) is 0 Å². The Bertz CT molecular complexity index is 2180. The molecule has 8 heteroatoms. The molecule has 0 aliphatic heterocycles. The van der Waals surface area contributed by atoms with Crippen molar-refractivity contribution in [3.8, 4) is 0 Å². The number of rotatable bonds is 18. The number of nitrogens with zero attached hydrogens (tertiary/aromatic N) is 4. The van der Waals surface area contributed by atoms with Crippen molar-refractivity contribution in [2.24, 2.45) is 9.98 Å². The molecule has 352 valence electrons. The van der Waals surface area contributed by atoms with Crippen molar-refractivity contribution >= 4 is 88.9 Å². The molecule has 4 radical (unpaired) electrons. The molecular weight excluding hydrogens is 1050 g/mol. The predicted molar refractivity (Wildman–Crippen MR) is 300 cm³/mol. The third-order valence-electron chi connectivity index (χ3n) is 12.1. The zero-order valence-corrected chi connectivity index (χ0v) is 52.3. The van der Waals surface area contributed by atoms with Crippen LogP contribution >= 0.6 is 0 Å². The predicted octanol–water partition coefficient (Wildman–Crippen LogP) is 16.8. The fraction of sp³-hybridized carbons (Fsp3) is 0.483. The molecule has 0 N–H and O–H groups in total. The first-order valence-corrected chi connectivity index (χ1v) is 37.9. The molecular formula is C58H82As2Ge2N4. The monoisotopic (exact) mass is 1130 g/mol. The van der Waals surface area contributed by atoms with Gasteiger partial charge < -0.3 is 0 Å². The van der Waals surface area contributed by atoms with E-state index < -0.39 is 0 Å². The Morgan fingerprint density at radius 2 is 0.682 bits per heavy atom. The molecule has 4 nitrogen and oxygen atoms in total. The van der Waals surface area contributed by atoms with E-state index in [4.69, 9.17) is 9.98 Å². The molecule has 66 heavy (non-hydrogen) atoms. The topological polar surface area (TPSA) is 31.2 Å². The third kappa shape index (κ3) is 15.8. The maximum absolute atomic E-state index is 5.07. The number of aliphatic imine (C=N–C) groups is 2. The van der Waals surface area contributed by atoms with E-state index in [1.54, 1.807) is 0 Å². The molecule has 0 amide bonds. The zero-order valence-electron chi connectivity index (χ0n) is 44.4. The number of anilines is 2. The first-order valence-electron chi connectivity index (χ1n) is 24.3. The van der Waals surface area contributed by atoms with E-state index in [0.717, 1.165) is 22.8 Å². The summed E-state index contributed by atoms with van der Waals surface area (Å²) in [5.74, 6) is 3.90. The van der Waals surface area contributed by atoms with Crippen LogP contribution in [0.5, 0.6) is 0 Å². The first kappa shape index (κ1) is 57.8. The minimum absolute atomic E-state index is 0.386. The fourth-order valence-corrected chi connectivity index (χ4v) is 16.4. The van der Waals surface area contributed by atoms with Gasteiger partial charge in [0.05, 0.1) is 0 Å². The van der Waals surface area contributed by atoms with E-state index >= 15 is 0 Å². The Labute approximate surface area is 429 Å². The van der Waals surface area contributed by atoms with Crippen LogP contribution in [0.1, 0.15) is 230 Å². The van der Waals surface area contributed by atoms with Crippen LogP contribution in [0, 0.1) is 0 Å². The van der Waals surface area contributed by atoms with E-state index in [1.807, 2.05) is 0 Å². The Hall–Kier alpha value is -2.50. The molecule has 0 bridgehead atoms. The van der Waals surface area contributed by atoms with Gasteiger partial charge >= 0.3 is 433 Å². The summed E-state index contributed by atoms with van der Waals surface area (Å²) in [5.41, 5.74) is 20.8. The molecule has 0 aromatic heterocycles. The second-order valence-corrected chi connectivity index (χ2v) is 27.5. The minimum atomic E-state index is -0.386. The average molecular weight is 1130 g/mol. The zero-order chi connectivity index (χ0) is 49.7. The Kier molecular flexibility index (Phi) is 23.7. The van der Waals surface area contributed by atoms with Crippen molar-refractivity contribution in [1.82, 2.24) is 0 Å². The van der Waals surface area contributed by atoms with Crippen LogP contribution in [0.4, 0.5) is 22.7 Å². The summed E-state index contributed by atoms with van der Waals surface area (Å²) < 4.78 is 5.13. The summed E-state index contributed by atoms with van der Waals surface area (Å²) in [6, 6.07) is 27.2. The van der Waals surface area contributed by atoms with Gasteiger partial charge in [0.1, 0.15) is 0 Å². The molecule has 0 aliphatic rings. The van der Waals surface area contributed by atoms with Crippen molar-refractivity contribution < 1.29 is 0 Å². The number of para-hydroxylation sites is 2. The van der Waals surface area contributed by atoms with E-state index in [-0.39, 0.29) is 26.1 Å². The van der Waals surface area contributed by atoms with Crippen molar-refractivity contribution in [2.75, 3.05) is 7.71 Å². The van der Waals surface area contributed by atoms with Crippen LogP contribution in [-0.4, -0.2) is 66.2 Å². The third-order valence-corrected chi connectivity index (χ3v) is 19.8. The summed E-state index contributed by atoms with van der Waals surface area (Å²) in [6.07, 6.45) is 4.52. The van der Waals surface area contributed by atoms with Crippen molar-refractivity contribution in [1.29, 1.82) is 0 Å². The summed E-state index contributed by atoms with van der Waals surface area (Å²) in [4.78, 5) is 10.1. The second kappa shape index (κ2) is 27.0. The SMILES string of the molecule is CC(/C=C(/C)[N]([Ge]=[As])c1c(C(C)C)cccc1C(C)C)=Nc1ccc(C(C)C)cc1C(C)C.CC(/C=C(/C)[N]([Ge]=[As])c1c(C(C)C)cccc1C(C)C)=Nc1ccc(C(C)C)cc1C(C)C. The summed E-state index contributed by atoms with van der Waals surface area (Å²) in [7, 11) is 0. The molecule has 0 aliphatic carbocycles. The van der Waals surface area contributed by atoms with Gasteiger partial charge in [-0.15, -0.1) is 0 Å². The molecule has 0 fully saturated rings. The maximum atomic E-state index is 5.07. The van der Waals surface area contributed by atoms with Crippen LogP contribution in [-0.2, 0) is 0 Å². The fourth-order valence-electron chi connectivity index (χ4n) is 8.32. The summed E-state index contributed by atoms with van der Waals surface area (Å²) >= 11 is 4.98. The van der Waals surface area contributed by atoms with E-state index in [1.165, 1.54) is 67.3 Å². The van der Waals surface area contributed by atoms with Gasteiger partial charge in [0.25, 0.3) is 0 Å². The van der Waals surface area contributed by atoms with Crippen molar-refractivity contribution in [3.63, 3.8) is 0 Å². The number of hydrogen-bond acceptors (Lipinski definition) is 4. The Balaban J connectivity index is 0.000000350. The van der Waals surface area contributed by atoms with Crippen LogP contribution < -0.4 is 7.71 Å². The summed E-state index contributed by atoms with van der Waals surface area (Å²) in [5, 5.41) is 0. The summed E-state index contributed by atoms with van der Waals surface area (Å²) in [6.45, 7) is 45.1. The molecule has 0 heterocycles. The van der Waals surface area contributed by atoms with Gasteiger partial charge in [0.15, 0.2) is 0 Å². The quantitative estimate of drug-likeness (QED) is 0.0734. The molecule has 0 spiro atoms. The molecule has 0 saturated heterocycles. The van der Waals surface area contributed by atoms with Gasteiger partial charge in [0.2, 0.25) is 0 Å². The van der Waals surface area contributed by atoms with Crippen LogP contribution in [0.15, 0.2) is 106 Å². The number of hydrogen-bond donors (Lipinski definition) is 0. The number of benzene rings is 4. The van der Waals surface area contributed by atoms with Crippen LogP contribution in [0.3, 0.4) is 0 Å². The average Bonchev–Trinajstić information content (AvgIpc) is 3.23. The molecule has 4 rings (SSSR count). The van der Waals surface area contributed by atoms with E-state index in [0.29, 0.717) is 47.3 Å². The van der Waals surface area contributed by atoms with Crippen LogP contribution in [0.25, 0.3) is 0 Å². The molecule has 0 saturated carbocycles. The standard InChI is InChI=1S/2C29H41AsGeN2/c2*1-18(2)24-14-15-28(27(17-24)21(7)8)32-22(9)16-23(10)33(31-30)29-25(19(3)4)12-11-13-26(29)20(5)6/h2*11-21H,1-10H3/b2*23-16-,32-22?. The normalized spacial score (nSPS) is 12.9. The van der Waals surface area contributed by atoms with E-state index in [2.05, 4.69) is 260 Å². The first-order chi connectivity index (χ1) is 30.9. The number of allylic oxidation sites excluding steroid dienone is 4. The second-order valence-electron chi connectivity index (χ2n) is 20.4. The van der Waals surface area contributed by atoms with Gasteiger partial charge in [0, 0.05) is 0 Å². The van der Waals surface area contributed by atoms with Crippen molar-refractivity contribution in [3.05, 3.63) is 141 Å². The van der Waals surface area contributed by atoms with Gasteiger partial charge in [-0.25, -0.2) is 0 Å².